The molecule has 0 aliphatic rings. The number of carbonyl (C=O) groups excluding carboxylic acids is 1. The van der Waals surface area contributed by atoms with Crippen molar-refractivity contribution in [1.82, 2.24) is 16.0 Å². The van der Waals surface area contributed by atoms with Gasteiger partial charge in [0.15, 0.2) is 17.5 Å². The van der Waals surface area contributed by atoms with Crippen molar-refractivity contribution in [1.29, 1.82) is 0 Å². The van der Waals surface area contributed by atoms with E-state index in [1.165, 1.54) is 0 Å². The second-order valence-corrected chi connectivity index (χ2v) is 7.15. The van der Waals surface area contributed by atoms with Gasteiger partial charge in [-0.1, -0.05) is 0 Å². The Kier molecular flexibility index (Phi) is 13.0. The van der Waals surface area contributed by atoms with Crippen LogP contribution in [0.5, 0.6) is 17.2 Å². The molecule has 0 saturated heterocycles. The molecule has 0 bridgehead atoms. The molecule has 1 amide bonds. The normalized spacial score (nSPS) is 11.1. The Labute approximate surface area is 196 Å². The molecule has 0 saturated carbocycles. The van der Waals surface area contributed by atoms with Crippen molar-refractivity contribution in [3.8, 4) is 17.2 Å². The van der Waals surface area contributed by atoms with Gasteiger partial charge in [0.2, 0.25) is 0 Å². The summed E-state index contributed by atoms with van der Waals surface area (Å²) in [5.41, 5.74) is 0.402. The van der Waals surface area contributed by atoms with Crippen LogP contribution in [0.15, 0.2) is 17.1 Å². The van der Waals surface area contributed by atoms with Crippen LogP contribution >= 0.6 is 24.0 Å². The summed E-state index contributed by atoms with van der Waals surface area (Å²) >= 11 is 0. The summed E-state index contributed by atoms with van der Waals surface area (Å²) in [6.07, 6.45) is 0.306. The first kappa shape index (κ1) is 27.9. The Hall–Kier alpha value is -2.11. The fourth-order valence-corrected chi connectivity index (χ4v) is 2.43. The second-order valence-electron chi connectivity index (χ2n) is 7.15. The molecule has 0 heterocycles. The average molecular weight is 538 g/mol. The van der Waals surface area contributed by atoms with E-state index in [1.54, 1.807) is 34.4 Å². The molecule has 9 nitrogen and oxygen atoms in total. The van der Waals surface area contributed by atoms with Crippen molar-refractivity contribution in [2.45, 2.75) is 39.3 Å². The minimum Gasteiger partial charge on any atom is -0.496 e. The predicted octanol–water partition coefficient (Wildman–Crippen LogP) is 2.91. The van der Waals surface area contributed by atoms with E-state index in [0.29, 0.717) is 42.8 Å². The number of hydrogen-bond donors (Lipinski definition) is 3. The number of alkyl carbamates (subject to hydrolysis) is 1. The van der Waals surface area contributed by atoms with Crippen LogP contribution in [-0.2, 0) is 11.3 Å². The number of nitrogens with zero attached hydrogens (tertiary/aromatic N) is 1. The molecule has 0 aromatic heterocycles. The summed E-state index contributed by atoms with van der Waals surface area (Å²) in [5.74, 6) is 2.56. The molecule has 172 valence electrons. The Morgan fingerprint density at radius 1 is 0.933 bits per heavy atom. The second kappa shape index (κ2) is 14.0. The number of carbonyl (C=O) groups is 1. The predicted molar refractivity (Wildman–Crippen MR) is 129 cm³/mol. The van der Waals surface area contributed by atoms with Crippen LogP contribution in [0, 0.1) is 0 Å². The van der Waals surface area contributed by atoms with Crippen LogP contribution in [0.25, 0.3) is 0 Å². The van der Waals surface area contributed by atoms with Gasteiger partial charge in [-0.2, -0.15) is 0 Å². The number of guanidine groups is 1. The quantitative estimate of drug-likeness (QED) is 0.192. The van der Waals surface area contributed by atoms with Crippen LogP contribution in [0.4, 0.5) is 4.79 Å². The molecule has 0 spiro atoms. The molecule has 3 N–H and O–H groups in total. The van der Waals surface area contributed by atoms with Crippen molar-refractivity contribution >= 4 is 36.0 Å². The molecule has 0 aliphatic heterocycles. The number of halogens is 1. The van der Waals surface area contributed by atoms with Crippen molar-refractivity contribution < 1.29 is 23.7 Å². The maximum atomic E-state index is 11.6. The Morgan fingerprint density at radius 2 is 1.50 bits per heavy atom. The van der Waals surface area contributed by atoms with Gasteiger partial charge in [0.1, 0.15) is 11.4 Å². The van der Waals surface area contributed by atoms with Crippen LogP contribution < -0.4 is 30.2 Å². The molecule has 10 heteroatoms. The molecular formula is C20H35IN4O5. The lowest BCUT2D eigenvalue weighted by Gasteiger charge is -2.19. The Bertz CT molecular complexity index is 693. The smallest absolute Gasteiger partial charge is 0.407 e. The summed E-state index contributed by atoms with van der Waals surface area (Å²) in [6, 6.07) is 3.65. The summed E-state index contributed by atoms with van der Waals surface area (Å²) in [7, 11) is 6.47. The van der Waals surface area contributed by atoms with E-state index in [1.807, 2.05) is 26.8 Å². The number of rotatable bonds is 9. The highest BCUT2D eigenvalue weighted by Crippen LogP contribution is 2.34. The van der Waals surface area contributed by atoms with Gasteiger partial charge in [0.25, 0.3) is 0 Å². The molecule has 1 aromatic rings. The fraction of sp³-hybridized carbons (Fsp3) is 0.600. The van der Waals surface area contributed by atoms with E-state index in [2.05, 4.69) is 20.9 Å². The van der Waals surface area contributed by atoms with E-state index in [9.17, 15) is 4.79 Å². The molecule has 0 fully saturated rings. The third-order valence-corrected chi connectivity index (χ3v) is 3.77. The maximum absolute atomic E-state index is 11.6. The summed E-state index contributed by atoms with van der Waals surface area (Å²) < 4.78 is 21.3. The maximum Gasteiger partial charge on any atom is 0.407 e. The lowest BCUT2D eigenvalue weighted by molar-refractivity contribution is 0.0527. The molecular weight excluding hydrogens is 503 g/mol. The summed E-state index contributed by atoms with van der Waals surface area (Å²) in [4.78, 5) is 15.8. The Morgan fingerprint density at radius 3 is 2.03 bits per heavy atom. The monoisotopic (exact) mass is 538 g/mol. The number of benzene rings is 1. The topological polar surface area (TPSA) is 102 Å². The van der Waals surface area contributed by atoms with Crippen molar-refractivity contribution in [2.75, 3.05) is 41.5 Å². The summed E-state index contributed by atoms with van der Waals surface area (Å²) in [5, 5.41) is 9.15. The van der Waals surface area contributed by atoms with Gasteiger partial charge in [-0.25, -0.2) is 4.79 Å². The van der Waals surface area contributed by atoms with Gasteiger partial charge in [-0.15, -0.1) is 24.0 Å². The first-order chi connectivity index (χ1) is 13.7. The first-order valence-electron chi connectivity index (χ1n) is 9.44. The number of aliphatic imine (C=N–C) groups is 1. The number of methoxy groups -OCH3 is 3. The van der Waals surface area contributed by atoms with Crippen molar-refractivity contribution in [3.63, 3.8) is 0 Å². The number of nitrogens with one attached hydrogen (secondary N) is 3. The van der Waals surface area contributed by atoms with Gasteiger partial charge in [0, 0.05) is 38.3 Å². The van der Waals surface area contributed by atoms with Gasteiger partial charge in [-0.3, -0.25) is 4.99 Å². The first-order valence-corrected chi connectivity index (χ1v) is 9.44. The van der Waals surface area contributed by atoms with Gasteiger partial charge in [-0.05, 0) is 33.3 Å². The van der Waals surface area contributed by atoms with Crippen LogP contribution in [0.3, 0.4) is 0 Å². The molecule has 0 aliphatic carbocycles. The highest BCUT2D eigenvalue weighted by Gasteiger charge is 2.15. The third-order valence-electron chi connectivity index (χ3n) is 3.77. The fourth-order valence-electron chi connectivity index (χ4n) is 2.43. The van der Waals surface area contributed by atoms with E-state index in [4.69, 9.17) is 18.9 Å². The minimum absolute atomic E-state index is 0. The van der Waals surface area contributed by atoms with Gasteiger partial charge < -0.3 is 34.9 Å². The zero-order valence-corrected chi connectivity index (χ0v) is 21.2. The highest BCUT2D eigenvalue weighted by atomic mass is 127. The lowest BCUT2D eigenvalue weighted by atomic mass is 10.1. The molecule has 0 unspecified atom stereocenters. The van der Waals surface area contributed by atoms with Gasteiger partial charge >= 0.3 is 6.09 Å². The molecule has 0 atom stereocenters. The molecule has 0 radical (unpaired) electrons. The zero-order valence-electron chi connectivity index (χ0n) is 18.9. The Balaban J connectivity index is 0.00000841. The number of hydrogen-bond acceptors (Lipinski definition) is 6. The molecule has 1 rings (SSSR count). The van der Waals surface area contributed by atoms with Crippen LogP contribution in [0.1, 0.15) is 32.8 Å². The highest BCUT2D eigenvalue weighted by molar-refractivity contribution is 14.0. The van der Waals surface area contributed by atoms with E-state index < -0.39 is 11.7 Å². The largest absolute Gasteiger partial charge is 0.496 e. The minimum atomic E-state index is -0.501. The van der Waals surface area contributed by atoms with E-state index in [0.717, 1.165) is 12.0 Å². The lowest BCUT2D eigenvalue weighted by Crippen LogP contribution is -2.39. The van der Waals surface area contributed by atoms with Crippen LogP contribution in [-0.4, -0.2) is 59.1 Å². The van der Waals surface area contributed by atoms with Crippen LogP contribution in [0.2, 0.25) is 0 Å². The third kappa shape index (κ3) is 10.1. The van der Waals surface area contributed by atoms with E-state index in [-0.39, 0.29) is 24.0 Å². The summed E-state index contributed by atoms with van der Waals surface area (Å²) in [6.45, 7) is 7.12. The number of ether oxygens (including phenoxy) is 4. The average Bonchev–Trinajstić information content (AvgIpc) is 2.67. The van der Waals surface area contributed by atoms with E-state index >= 15 is 0 Å². The van der Waals surface area contributed by atoms with Crippen molar-refractivity contribution in [3.05, 3.63) is 17.7 Å². The van der Waals surface area contributed by atoms with Crippen molar-refractivity contribution in [2.24, 2.45) is 4.99 Å². The standard InChI is InChI=1S/C20H34N4O5.HI/c1-20(2,3)29-19(25)23-10-8-9-22-18(21-4)24-13-14-11-16(27-6)17(28-7)12-15(14)26-5;/h11-12H,8-10,13H2,1-7H3,(H,23,25)(H2,21,22,24);1H. The molecule has 30 heavy (non-hydrogen) atoms. The zero-order chi connectivity index (χ0) is 21.9. The van der Waals surface area contributed by atoms with Gasteiger partial charge in [0.05, 0.1) is 21.3 Å². The SMILES string of the molecule is CN=C(NCCCNC(=O)OC(C)(C)C)NCc1cc(OC)c(OC)cc1OC.I. The molecule has 1 aromatic carbocycles. The number of amides is 1.